The van der Waals surface area contributed by atoms with Gasteiger partial charge in [0.2, 0.25) is 0 Å². The number of carbonyl (C=O) groups is 1. The predicted octanol–water partition coefficient (Wildman–Crippen LogP) is 3.63. The molecule has 1 aliphatic carbocycles. The van der Waals surface area contributed by atoms with Crippen LogP contribution in [0.15, 0.2) is 42.7 Å². The standard InChI is InChI=1S/C21H23N3O2/c1-14-20-15(2)23-21(24(20)9-8-22-14)18-10-17(11-18)13-26-19(25)12-16-6-4-3-5-7-16/h3-9,17-18H,10-13H2,1-2H3. The molecule has 0 radical (unpaired) electrons. The summed E-state index contributed by atoms with van der Waals surface area (Å²) in [6.07, 6.45) is 6.18. The average Bonchev–Trinajstić information content (AvgIpc) is 2.92. The van der Waals surface area contributed by atoms with Gasteiger partial charge in [-0.3, -0.25) is 14.2 Å². The molecule has 0 atom stereocenters. The molecule has 5 heteroatoms. The Morgan fingerprint density at radius 1 is 1.19 bits per heavy atom. The zero-order chi connectivity index (χ0) is 18.1. The van der Waals surface area contributed by atoms with Crippen molar-refractivity contribution < 1.29 is 9.53 Å². The van der Waals surface area contributed by atoms with Crippen LogP contribution in [0.5, 0.6) is 0 Å². The average molecular weight is 349 g/mol. The number of hydrogen-bond donors (Lipinski definition) is 0. The summed E-state index contributed by atoms with van der Waals surface area (Å²) in [6.45, 7) is 4.56. The number of carbonyl (C=O) groups excluding carboxylic acids is 1. The second-order valence-electron chi connectivity index (χ2n) is 7.17. The zero-order valence-electron chi connectivity index (χ0n) is 15.2. The molecule has 0 unspecified atom stereocenters. The quantitative estimate of drug-likeness (QED) is 0.660. The molecule has 4 rings (SSSR count). The van der Waals surface area contributed by atoms with Crippen molar-refractivity contribution in [3.63, 3.8) is 0 Å². The van der Waals surface area contributed by atoms with Crippen molar-refractivity contribution in [3.05, 3.63) is 65.5 Å². The SMILES string of the molecule is Cc1nccn2c(C3CC(COC(=O)Cc4ccccc4)C3)nc(C)c12. The van der Waals surface area contributed by atoms with Crippen LogP contribution in [0.4, 0.5) is 0 Å². The summed E-state index contributed by atoms with van der Waals surface area (Å²) in [5.74, 6) is 1.81. The van der Waals surface area contributed by atoms with Gasteiger partial charge in [0.25, 0.3) is 0 Å². The highest BCUT2D eigenvalue weighted by Gasteiger charge is 2.34. The second kappa shape index (κ2) is 6.90. The number of hydrogen-bond acceptors (Lipinski definition) is 4. The zero-order valence-corrected chi connectivity index (χ0v) is 15.2. The molecule has 134 valence electrons. The smallest absolute Gasteiger partial charge is 0.310 e. The van der Waals surface area contributed by atoms with Gasteiger partial charge in [-0.25, -0.2) is 4.98 Å². The van der Waals surface area contributed by atoms with E-state index in [1.807, 2.05) is 56.6 Å². The topological polar surface area (TPSA) is 56.5 Å². The van der Waals surface area contributed by atoms with Crippen molar-refractivity contribution >= 4 is 11.5 Å². The molecule has 0 N–H and O–H groups in total. The first kappa shape index (κ1) is 16.8. The Morgan fingerprint density at radius 2 is 1.96 bits per heavy atom. The summed E-state index contributed by atoms with van der Waals surface area (Å²) in [4.78, 5) is 21.1. The highest BCUT2D eigenvalue weighted by Crippen LogP contribution is 2.41. The number of ether oxygens (including phenoxy) is 1. The van der Waals surface area contributed by atoms with Gasteiger partial charge in [-0.1, -0.05) is 30.3 Å². The lowest BCUT2D eigenvalue weighted by Crippen LogP contribution is -2.28. The number of esters is 1. The first-order chi connectivity index (χ1) is 12.6. The molecule has 0 bridgehead atoms. The fourth-order valence-electron chi connectivity index (χ4n) is 3.82. The van der Waals surface area contributed by atoms with Crippen molar-refractivity contribution in [2.45, 2.75) is 39.0 Å². The maximum absolute atomic E-state index is 12.0. The third kappa shape index (κ3) is 3.21. The van der Waals surface area contributed by atoms with Gasteiger partial charge in [0.1, 0.15) is 5.82 Å². The number of fused-ring (bicyclic) bond motifs is 1. The number of aromatic nitrogens is 3. The van der Waals surface area contributed by atoms with Crippen LogP contribution >= 0.6 is 0 Å². The van der Waals surface area contributed by atoms with Crippen molar-refractivity contribution in [2.75, 3.05) is 6.61 Å². The van der Waals surface area contributed by atoms with E-state index >= 15 is 0 Å². The van der Waals surface area contributed by atoms with Gasteiger partial charge >= 0.3 is 5.97 Å². The van der Waals surface area contributed by atoms with E-state index in [4.69, 9.17) is 9.72 Å². The Morgan fingerprint density at radius 3 is 2.73 bits per heavy atom. The minimum atomic E-state index is -0.150. The molecule has 26 heavy (non-hydrogen) atoms. The molecule has 2 heterocycles. The van der Waals surface area contributed by atoms with Gasteiger partial charge in [0, 0.05) is 18.3 Å². The second-order valence-corrected chi connectivity index (χ2v) is 7.17. The highest BCUT2D eigenvalue weighted by atomic mass is 16.5. The molecule has 0 saturated heterocycles. The minimum absolute atomic E-state index is 0.150. The molecule has 1 aromatic carbocycles. The highest BCUT2D eigenvalue weighted by molar-refractivity contribution is 5.72. The van der Waals surface area contributed by atoms with E-state index < -0.39 is 0 Å². The van der Waals surface area contributed by atoms with Crippen LogP contribution in [0.2, 0.25) is 0 Å². The van der Waals surface area contributed by atoms with Crippen molar-refractivity contribution in [1.29, 1.82) is 0 Å². The lowest BCUT2D eigenvalue weighted by Gasteiger charge is -2.34. The summed E-state index contributed by atoms with van der Waals surface area (Å²) in [7, 11) is 0. The van der Waals surface area contributed by atoms with E-state index in [9.17, 15) is 4.79 Å². The van der Waals surface area contributed by atoms with Crippen LogP contribution in [0.3, 0.4) is 0 Å². The maximum Gasteiger partial charge on any atom is 0.310 e. The van der Waals surface area contributed by atoms with Crippen LogP contribution < -0.4 is 0 Å². The summed E-state index contributed by atoms with van der Waals surface area (Å²) in [5, 5.41) is 0. The number of imidazole rings is 1. The van der Waals surface area contributed by atoms with E-state index in [2.05, 4.69) is 9.38 Å². The van der Waals surface area contributed by atoms with Crippen molar-refractivity contribution in [1.82, 2.24) is 14.4 Å². The molecule has 0 amide bonds. The molecular formula is C21H23N3O2. The Bertz CT molecular complexity index is 927. The predicted molar refractivity (Wildman–Crippen MR) is 99.0 cm³/mol. The summed E-state index contributed by atoms with van der Waals surface area (Å²) < 4.78 is 7.64. The molecule has 0 aliphatic heterocycles. The Labute approximate surface area is 153 Å². The summed E-state index contributed by atoms with van der Waals surface area (Å²) in [5.41, 5.74) is 4.14. The van der Waals surface area contributed by atoms with Crippen LogP contribution in [-0.2, 0) is 16.0 Å². The van der Waals surface area contributed by atoms with E-state index in [1.54, 1.807) is 0 Å². The Balaban J connectivity index is 1.32. The molecule has 1 fully saturated rings. The third-order valence-corrected chi connectivity index (χ3v) is 5.21. The molecule has 1 aliphatic rings. The van der Waals surface area contributed by atoms with Crippen LogP contribution in [-0.4, -0.2) is 26.9 Å². The molecule has 1 saturated carbocycles. The third-order valence-electron chi connectivity index (χ3n) is 5.21. The lowest BCUT2D eigenvalue weighted by molar-refractivity contribution is -0.145. The fourth-order valence-corrected chi connectivity index (χ4v) is 3.82. The first-order valence-electron chi connectivity index (χ1n) is 9.11. The van der Waals surface area contributed by atoms with Gasteiger partial charge < -0.3 is 4.74 Å². The van der Waals surface area contributed by atoms with E-state index in [0.29, 0.717) is 24.9 Å². The maximum atomic E-state index is 12.0. The van der Waals surface area contributed by atoms with E-state index in [0.717, 1.165) is 41.1 Å². The van der Waals surface area contributed by atoms with Crippen molar-refractivity contribution in [2.24, 2.45) is 5.92 Å². The lowest BCUT2D eigenvalue weighted by atomic mass is 9.75. The van der Waals surface area contributed by atoms with Gasteiger partial charge in [-0.05, 0) is 38.2 Å². The Kier molecular flexibility index (Phi) is 4.45. The minimum Gasteiger partial charge on any atom is -0.465 e. The van der Waals surface area contributed by atoms with Gasteiger partial charge in [-0.15, -0.1) is 0 Å². The van der Waals surface area contributed by atoms with Crippen LogP contribution in [0.25, 0.3) is 5.52 Å². The number of rotatable bonds is 5. The number of aryl methyl sites for hydroxylation is 2. The van der Waals surface area contributed by atoms with Crippen LogP contribution in [0, 0.1) is 19.8 Å². The molecule has 2 aromatic heterocycles. The van der Waals surface area contributed by atoms with Crippen LogP contribution in [0.1, 0.15) is 41.5 Å². The molecule has 3 aromatic rings. The fraction of sp³-hybridized carbons (Fsp3) is 0.381. The number of nitrogens with zero attached hydrogens (tertiary/aromatic N) is 3. The summed E-state index contributed by atoms with van der Waals surface area (Å²) >= 11 is 0. The molecule has 0 spiro atoms. The largest absolute Gasteiger partial charge is 0.465 e. The Hall–Kier alpha value is -2.69. The molecule has 5 nitrogen and oxygen atoms in total. The van der Waals surface area contributed by atoms with Gasteiger partial charge in [0.05, 0.1) is 29.9 Å². The van der Waals surface area contributed by atoms with E-state index in [-0.39, 0.29) is 5.97 Å². The van der Waals surface area contributed by atoms with E-state index in [1.165, 1.54) is 0 Å². The number of benzene rings is 1. The van der Waals surface area contributed by atoms with Gasteiger partial charge in [-0.2, -0.15) is 0 Å². The van der Waals surface area contributed by atoms with Gasteiger partial charge in [0.15, 0.2) is 0 Å². The van der Waals surface area contributed by atoms with Crippen molar-refractivity contribution in [3.8, 4) is 0 Å². The monoisotopic (exact) mass is 349 g/mol. The summed E-state index contributed by atoms with van der Waals surface area (Å²) in [6, 6.07) is 9.72. The first-order valence-corrected chi connectivity index (χ1v) is 9.11. The molecular weight excluding hydrogens is 326 g/mol. The normalized spacial score (nSPS) is 19.3.